The average molecular weight is 334 g/mol. The molecule has 0 amide bonds. The summed E-state index contributed by atoms with van der Waals surface area (Å²) in [6.45, 7) is 0. The average Bonchev–Trinajstić information content (AvgIpc) is 2.60. The number of allylic oxidation sites excluding steroid dienone is 3. The lowest BCUT2D eigenvalue weighted by molar-refractivity contribution is -0.116. The Balaban J connectivity index is 1.93. The highest BCUT2D eigenvalue weighted by atomic mass is 16.5. The van der Waals surface area contributed by atoms with Crippen molar-refractivity contribution in [3.05, 3.63) is 69.1 Å². The van der Waals surface area contributed by atoms with E-state index < -0.39 is 11.5 Å². The van der Waals surface area contributed by atoms with Gasteiger partial charge in [-0.2, -0.15) is 5.26 Å². The van der Waals surface area contributed by atoms with Gasteiger partial charge in [0.25, 0.3) is 0 Å². The number of hydrogen-bond acceptors (Lipinski definition) is 6. The summed E-state index contributed by atoms with van der Waals surface area (Å²) < 4.78 is 10.7. The molecule has 2 aromatic rings. The van der Waals surface area contributed by atoms with Crippen LogP contribution in [-0.4, -0.2) is 5.78 Å². The Kier molecular flexibility index (Phi) is 3.43. The highest BCUT2D eigenvalue weighted by molar-refractivity contribution is 5.99. The van der Waals surface area contributed by atoms with Crippen molar-refractivity contribution in [1.29, 1.82) is 5.26 Å². The first-order valence-electron chi connectivity index (χ1n) is 7.96. The van der Waals surface area contributed by atoms with Crippen LogP contribution in [0.15, 0.2) is 62.3 Å². The monoisotopic (exact) mass is 334 g/mol. The van der Waals surface area contributed by atoms with Crippen LogP contribution in [0.1, 0.15) is 30.7 Å². The quantitative estimate of drug-likeness (QED) is 0.803. The second-order valence-corrected chi connectivity index (χ2v) is 6.09. The molecule has 1 aromatic heterocycles. The lowest BCUT2D eigenvalue weighted by atomic mass is 9.77. The van der Waals surface area contributed by atoms with Gasteiger partial charge in [-0.1, -0.05) is 6.07 Å². The first-order chi connectivity index (χ1) is 12.1. The molecule has 1 aromatic carbocycles. The van der Waals surface area contributed by atoms with Crippen LogP contribution < -0.4 is 11.4 Å². The van der Waals surface area contributed by atoms with Gasteiger partial charge in [-0.25, -0.2) is 4.79 Å². The molecule has 0 saturated heterocycles. The molecule has 0 spiro atoms. The number of fused-ring (bicyclic) bond motifs is 1. The van der Waals surface area contributed by atoms with E-state index in [9.17, 15) is 14.9 Å². The van der Waals surface area contributed by atoms with E-state index in [4.69, 9.17) is 14.9 Å². The van der Waals surface area contributed by atoms with Gasteiger partial charge in [0, 0.05) is 29.9 Å². The Labute approximate surface area is 142 Å². The summed E-state index contributed by atoms with van der Waals surface area (Å²) in [5.74, 6) is 0.0159. The number of nitrogens with two attached hydrogens (primary N) is 1. The van der Waals surface area contributed by atoms with E-state index in [0.717, 1.165) is 5.56 Å². The molecule has 124 valence electrons. The van der Waals surface area contributed by atoms with Crippen molar-refractivity contribution >= 4 is 16.8 Å². The zero-order valence-electron chi connectivity index (χ0n) is 13.2. The number of ether oxygens (including phenoxy) is 1. The van der Waals surface area contributed by atoms with E-state index in [2.05, 4.69) is 6.07 Å². The molecular weight excluding hydrogens is 320 g/mol. The third-order valence-corrected chi connectivity index (χ3v) is 4.58. The zero-order chi connectivity index (χ0) is 17.6. The number of rotatable bonds is 1. The molecule has 1 unspecified atom stereocenters. The van der Waals surface area contributed by atoms with Crippen molar-refractivity contribution in [1.82, 2.24) is 0 Å². The van der Waals surface area contributed by atoms with Gasteiger partial charge in [0.1, 0.15) is 23.0 Å². The van der Waals surface area contributed by atoms with Crippen molar-refractivity contribution in [3.8, 4) is 6.07 Å². The Bertz CT molecular complexity index is 1070. The van der Waals surface area contributed by atoms with Crippen LogP contribution in [0.5, 0.6) is 0 Å². The molecule has 2 aliphatic rings. The topological polar surface area (TPSA) is 106 Å². The molecule has 1 aliphatic carbocycles. The third kappa shape index (κ3) is 2.41. The highest BCUT2D eigenvalue weighted by Crippen LogP contribution is 2.43. The molecule has 6 nitrogen and oxygen atoms in total. The number of carbonyl (C=O) groups is 1. The van der Waals surface area contributed by atoms with Crippen molar-refractivity contribution in [2.45, 2.75) is 25.2 Å². The maximum atomic E-state index is 12.5. The molecule has 2 N–H and O–H groups in total. The van der Waals surface area contributed by atoms with Crippen molar-refractivity contribution < 1.29 is 13.9 Å². The minimum Gasteiger partial charge on any atom is -0.444 e. The molecule has 0 bridgehead atoms. The number of nitrogens with zero attached hydrogens (tertiary/aromatic N) is 1. The van der Waals surface area contributed by atoms with Crippen LogP contribution in [0, 0.1) is 11.3 Å². The molecular formula is C19H14N2O4. The van der Waals surface area contributed by atoms with Crippen LogP contribution in [0.3, 0.4) is 0 Å². The standard InChI is InChI=1S/C19H14N2O4/c20-9-12-17(18-13(22)2-1-3-15(18)25-19(12)21)11-4-6-14-10(8-11)5-7-16(23)24-14/h4-8,17H,1-3,21H2. The Morgan fingerprint density at radius 3 is 2.80 bits per heavy atom. The minimum atomic E-state index is -0.558. The predicted molar refractivity (Wildman–Crippen MR) is 89.0 cm³/mol. The number of carbonyl (C=O) groups excluding carboxylic acids is 1. The van der Waals surface area contributed by atoms with Crippen LogP contribution >= 0.6 is 0 Å². The lowest BCUT2D eigenvalue weighted by Crippen LogP contribution is -2.27. The Hall–Kier alpha value is -3.33. The minimum absolute atomic E-state index is 0.0220. The van der Waals surface area contributed by atoms with E-state index in [1.807, 2.05) is 6.07 Å². The molecule has 2 heterocycles. The smallest absolute Gasteiger partial charge is 0.336 e. The summed E-state index contributed by atoms with van der Waals surface area (Å²) in [5.41, 5.74) is 7.43. The molecule has 1 atom stereocenters. The number of Topliss-reactive ketones (excluding diaryl/α,β-unsaturated/α-hetero) is 1. The number of nitriles is 1. The molecule has 6 heteroatoms. The second kappa shape index (κ2) is 5.64. The van der Waals surface area contributed by atoms with Gasteiger partial charge < -0.3 is 14.9 Å². The van der Waals surface area contributed by atoms with Gasteiger partial charge in [-0.05, 0) is 30.2 Å². The normalized spacial score (nSPS) is 20.3. The first-order valence-corrected chi connectivity index (χ1v) is 7.96. The molecule has 4 rings (SSSR count). The van der Waals surface area contributed by atoms with E-state index in [1.54, 1.807) is 18.2 Å². The summed E-state index contributed by atoms with van der Waals surface area (Å²) in [7, 11) is 0. The van der Waals surface area contributed by atoms with Gasteiger partial charge in [0.05, 0.1) is 5.92 Å². The van der Waals surface area contributed by atoms with Crippen molar-refractivity contribution in [3.63, 3.8) is 0 Å². The van der Waals surface area contributed by atoms with Crippen molar-refractivity contribution in [2.24, 2.45) is 5.73 Å². The number of ketones is 1. The van der Waals surface area contributed by atoms with E-state index >= 15 is 0 Å². The van der Waals surface area contributed by atoms with Gasteiger partial charge in [0.15, 0.2) is 5.78 Å². The van der Waals surface area contributed by atoms with Gasteiger partial charge >= 0.3 is 5.63 Å². The van der Waals surface area contributed by atoms with Gasteiger partial charge in [-0.15, -0.1) is 0 Å². The van der Waals surface area contributed by atoms with Gasteiger partial charge in [-0.3, -0.25) is 4.79 Å². The zero-order valence-corrected chi connectivity index (χ0v) is 13.2. The Morgan fingerprint density at radius 2 is 2.00 bits per heavy atom. The SMILES string of the molecule is N#CC1=C(N)OC2=C(C(=O)CCC2)C1c1ccc2oc(=O)ccc2c1. The number of hydrogen-bond donors (Lipinski definition) is 1. The van der Waals surface area contributed by atoms with Crippen LogP contribution in [-0.2, 0) is 9.53 Å². The van der Waals surface area contributed by atoms with Crippen molar-refractivity contribution in [2.75, 3.05) is 0 Å². The summed E-state index contributed by atoms with van der Waals surface area (Å²) in [5, 5.41) is 10.3. The van der Waals surface area contributed by atoms with Crippen LogP contribution in [0.2, 0.25) is 0 Å². The van der Waals surface area contributed by atoms with Crippen LogP contribution in [0.4, 0.5) is 0 Å². The Morgan fingerprint density at radius 1 is 1.16 bits per heavy atom. The lowest BCUT2D eigenvalue weighted by Gasteiger charge is -2.31. The fourth-order valence-electron chi connectivity index (χ4n) is 3.46. The molecule has 25 heavy (non-hydrogen) atoms. The number of benzene rings is 1. The highest BCUT2D eigenvalue weighted by Gasteiger charge is 2.38. The van der Waals surface area contributed by atoms with E-state index in [1.165, 1.54) is 6.07 Å². The second-order valence-electron chi connectivity index (χ2n) is 6.09. The summed E-state index contributed by atoms with van der Waals surface area (Å²) in [6.07, 6.45) is 1.77. The summed E-state index contributed by atoms with van der Waals surface area (Å²) in [6, 6.07) is 10.3. The molecule has 0 radical (unpaired) electrons. The maximum Gasteiger partial charge on any atom is 0.336 e. The van der Waals surface area contributed by atoms with E-state index in [-0.39, 0.29) is 17.2 Å². The molecule has 0 fully saturated rings. The first kappa shape index (κ1) is 15.2. The largest absolute Gasteiger partial charge is 0.444 e. The van der Waals surface area contributed by atoms with Crippen LogP contribution in [0.25, 0.3) is 11.0 Å². The predicted octanol–water partition coefficient (Wildman–Crippen LogP) is 2.61. The molecule has 1 aliphatic heterocycles. The fourth-order valence-corrected chi connectivity index (χ4v) is 3.46. The third-order valence-electron chi connectivity index (χ3n) is 4.58. The van der Waals surface area contributed by atoms with E-state index in [0.29, 0.717) is 41.6 Å². The fraction of sp³-hybridized carbons (Fsp3) is 0.211. The maximum absolute atomic E-state index is 12.5. The van der Waals surface area contributed by atoms with Gasteiger partial charge in [0.2, 0.25) is 5.88 Å². The molecule has 0 saturated carbocycles. The summed E-state index contributed by atoms with van der Waals surface area (Å²) in [4.78, 5) is 23.9. The summed E-state index contributed by atoms with van der Waals surface area (Å²) >= 11 is 0.